The van der Waals surface area contributed by atoms with Crippen molar-refractivity contribution >= 4 is 0 Å². The molecular weight excluding hydrogens is 168 g/mol. The van der Waals surface area contributed by atoms with Gasteiger partial charge in [-0.1, -0.05) is 0 Å². The van der Waals surface area contributed by atoms with E-state index in [1.165, 1.54) is 0 Å². The van der Waals surface area contributed by atoms with Gasteiger partial charge < -0.3 is 14.4 Å². The van der Waals surface area contributed by atoms with Crippen molar-refractivity contribution in [3.8, 4) is 0 Å². The minimum absolute atomic E-state index is 0.0243. The summed E-state index contributed by atoms with van der Waals surface area (Å²) in [5, 5.41) is 8.98. The molecule has 0 saturated carbocycles. The second-order valence-electron chi connectivity index (χ2n) is 2.96. The van der Waals surface area contributed by atoms with Crippen LogP contribution in [0, 0.1) is 0 Å². The fourth-order valence-corrected chi connectivity index (χ4v) is 1.22. The van der Waals surface area contributed by atoms with Crippen LogP contribution in [-0.4, -0.2) is 27.9 Å². The monoisotopic (exact) mass is 184 g/mol. The van der Waals surface area contributed by atoms with E-state index in [2.05, 4.69) is 4.98 Å². The van der Waals surface area contributed by atoms with E-state index in [-0.39, 0.29) is 12.6 Å². The van der Waals surface area contributed by atoms with Crippen LogP contribution in [0.2, 0.25) is 0 Å². The minimum Gasteiger partial charge on any atom is -0.390 e. The van der Waals surface area contributed by atoms with E-state index >= 15 is 0 Å². The Morgan fingerprint density at radius 1 is 1.69 bits per heavy atom. The molecule has 1 rings (SSSR count). The van der Waals surface area contributed by atoms with Gasteiger partial charge in [-0.05, 0) is 13.8 Å². The molecule has 0 aliphatic rings. The fraction of sp³-hybridized carbons (Fsp3) is 0.667. The van der Waals surface area contributed by atoms with Crippen molar-refractivity contribution in [3.05, 3.63) is 18.2 Å². The first-order valence-corrected chi connectivity index (χ1v) is 4.48. The average molecular weight is 184 g/mol. The van der Waals surface area contributed by atoms with Crippen LogP contribution in [0.15, 0.2) is 12.5 Å². The molecule has 13 heavy (non-hydrogen) atoms. The number of aromatic nitrogens is 2. The van der Waals surface area contributed by atoms with Gasteiger partial charge in [0.05, 0.1) is 37.5 Å². The Labute approximate surface area is 78.2 Å². The normalized spacial score (nSPS) is 13.2. The molecule has 1 aromatic rings. The number of nitrogens with zero attached hydrogens (tertiary/aromatic N) is 2. The van der Waals surface area contributed by atoms with Crippen molar-refractivity contribution in [2.75, 3.05) is 13.2 Å². The maximum atomic E-state index is 8.98. The van der Waals surface area contributed by atoms with Crippen LogP contribution in [0.3, 0.4) is 0 Å². The number of aliphatic hydroxyl groups is 1. The zero-order chi connectivity index (χ0) is 9.68. The smallest absolute Gasteiger partial charge is 0.0952 e. The first-order valence-electron chi connectivity index (χ1n) is 4.48. The van der Waals surface area contributed by atoms with Crippen molar-refractivity contribution in [1.29, 1.82) is 0 Å². The summed E-state index contributed by atoms with van der Waals surface area (Å²) < 4.78 is 7.21. The number of aliphatic hydroxyl groups excluding tert-OH is 1. The Bertz CT molecular complexity index is 248. The molecule has 74 valence electrons. The lowest BCUT2D eigenvalue weighted by molar-refractivity contribution is 0.116. The minimum atomic E-state index is 0.0243. The molecule has 0 spiro atoms. The molecule has 1 N–H and O–H groups in total. The predicted molar refractivity (Wildman–Crippen MR) is 49.4 cm³/mol. The summed E-state index contributed by atoms with van der Waals surface area (Å²) in [4.78, 5) is 3.97. The first kappa shape index (κ1) is 10.2. The van der Waals surface area contributed by atoms with Gasteiger partial charge in [0.1, 0.15) is 0 Å². The highest BCUT2D eigenvalue weighted by Gasteiger charge is 2.07. The summed E-state index contributed by atoms with van der Waals surface area (Å²) in [6.07, 6.45) is 3.39. The van der Waals surface area contributed by atoms with E-state index in [0.29, 0.717) is 13.2 Å². The van der Waals surface area contributed by atoms with Gasteiger partial charge in [0, 0.05) is 6.61 Å². The SMILES string of the molecule is CCOCC(C)n1cncc1CO. The van der Waals surface area contributed by atoms with Crippen molar-refractivity contribution in [1.82, 2.24) is 9.55 Å². The number of imidazole rings is 1. The van der Waals surface area contributed by atoms with Gasteiger partial charge in [0.2, 0.25) is 0 Å². The summed E-state index contributed by atoms with van der Waals surface area (Å²) >= 11 is 0. The van der Waals surface area contributed by atoms with Gasteiger partial charge in [-0.15, -0.1) is 0 Å². The summed E-state index contributed by atoms with van der Waals surface area (Å²) in [5.74, 6) is 0. The molecule has 1 aromatic heterocycles. The van der Waals surface area contributed by atoms with Crippen LogP contribution >= 0.6 is 0 Å². The van der Waals surface area contributed by atoms with Crippen LogP contribution < -0.4 is 0 Å². The lowest BCUT2D eigenvalue weighted by Crippen LogP contribution is -2.13. The highest BCUT2D eigenvalue weighted by Crippen LogP contribution is 2.09. The van der Waals surface area contributed by atoms with Crippen LogP contribution in [0.1, 0.15) is 25.6 Å². The van der Waals surface area contributed by atoms with Gasteiger partial charge in [-0.3, -0.25) is 0 Å². The van der Waals surface area contributed by atoms with Crippen molar-refractivity contribution < 1.29 is 9.84 Å². The van der Waals surface area contributed by atoms with E-state index in [1.807, 2.05) is 18.4 Å². The zero-order valence-corrected chi connectivity index (χ0v) is 8.10. The third-order valence-electron chi connectivity index (χ3n) is 1.95. The Hall–Kier alpha value is -0.870. The van der Waals surface area contributed by atoms with Crippen LogP contribution in [0.25, 0.3) is 0 Å². The Morgan fingerprint density at radius 3 is 3.08 bits per heavy atom. The molecule has 4 heteroatoms. The third kappa shape index (κ3) is 2.54. The molecule has 1 unspecified atom stereocenters. The van der Waals surface area contributed by atoms with Gasteiger partial charge in [0.25, 0.3) is 0 Å². The van der Waals surface area contributed by atoms with Gasteiger partial charge in [-0.25, -0.2) is 4.98 Å². The third-order valence-corrected chi connectivity index (χ3v) is 1.95. The number of hydrogen-bond acceptors (Lipinski definition) is 3. The van der Waals surface area contributed by atoms with E-state index < -0.39 is 0 Å². The largest absolute Gasteiger partial charge is 0.390 e. The summed E-state index contributed by atoms with van der Waals surface area (Å²) in [6, 6.07) is 0.226. The molecular formula is C9H16N2O2. The second kappa shape index (κ2) is 4.99. The molecule has 0 aliphatic carbocycles. The molecule has 0 bridgehead atoms. The molecule has 0 radical (unpaired) electrons. The number of rotatable bonds is 5. The molecule has 0 saturated heterocycles. The second-order valence-corrected chi connectivity index (χ2v) is 2.96. The lowest BCUT2D eigenvalue weighted by atomic mass is 10.3. The fourth-order valence-electron chi connectivity index (χ4n) is 1.22. The van der Waals surface area contributed by atoms with E-state index in [4.69, 9.17) is 9.84 Å². The Morgan fingerprint density at radius 2 is 2.46 bits per heavy atom. The van der Waals surface area contributed by atoms with E-state index in [1.54, 1.807) is 12.5 Å². The standard InChI is InChI=1S/C9H16N2O2/c1-3-13-6-8(2)11-7-10-4-9(11)5-12/h4,7-8,12H,3,5-6H2,1-2H3. The Kier molecular flexibility index (Phi) is 3.92. The summed E-state index contributed by atoms with van der Waals surface area (Å²) in [5.41, 5.74) is 0.826. The van der Waals surface area contributed by atoms with Crippen LogP contribution in [-0.2, 0) is 11.3 Å². The van der Waals surface area contributed by atoms with E-state index in [0.717, 1.165) is 5.69 Å². The molecule has 1 heterocycles. The van der Waals surface area contributed by atoms with Gasteiger partial charge >= 0.3 is 0 Å². The molecule has 0 aliphatic heterocycles. The summed E-state index contributed by atoms with van der Waals surface area (Å²) in [6.45, 7) is 5.40. The maximum Gasteiger partial charge on any atom is 0.0952 e. The highest BCUT2D eigenvalue weighted by molar-refractivity contribution is 4.97. The molecule has 4 nitrogen and oxygen atoms in total. The van der Waals surface area contributed by atoms with Crippen molar-refractivity contribution in [2.24, 2.45) is 0 Å². The van der Waals surface area contributed by atoms with Gasteiger partial charge in [0.15, 0.2) is 0 Å². The van der Waals surface area contributed by atoms with Crippen molar-refractivity contribution in [3.63, 3.8) is 0 Å². The van der Waals surface area contributed by atoms with Crippen LogP contribution in [0.5, 0.6) is 0 Å². The topological polar surface area (TPSA) is 47.3 Å². The predicted octanol–water partition coefficient (Wildman–Crippen LogP) is 0.973. The molecule has 0 aromatic carbocycles. The molecule has 1 atom stereocenters. The number of ether oxygens (including phenoxy) is 1. The molecule has 0 amide bonds. The lowest BCUT2D eigenvalue weighted by Gasteiger charge is -2.15. The quantitative estimate of drug-likeness (QED) is 0.741. The Balaban J connectivity index is 2.59. The average Bonchev–Trinajstić information content (AvgIpc) is 2.61. The number of hydrogen-bond donors (Lipinski definition) is 1. The maximum absolute atomic E-state index is 8.98. The molecule has 0 fully saturated rings. The van der Waals surface area contributed by atoms with Crippen molar-refractivity contribution in [2.45, 2.75) is 26.5 Å². The van der Waals surface area contributed by atoms with Crippen LogP contribution in [0.4, 0.5) is 0 Å². The van der Waals surface area contributed by atoms with Gasteiger partial charge in [-0.2, -0.15) is 0 Å². The van der Waals surface area contributed by atoms with E-state index in [9.17, 15) is 0 Å². The highest BCUT2D eigenvalue weighted by atomic mass is 16.5. The zero-order valence-electron chi connectivity index (χ0n) is 8.10. The first-order chi connectivity index (χ1) is 6.29. The summed E-state index contributed by atoms with van der Waals surface area (Å²) in [7, 11) is 0.